The molecule has 1 aromatic rings. The highest BCUT2D eigenvalue weighted by Gasteiger charge is 2.27. The molecule has 1 heterocycles. The Kier molecular flexibility index (Phi) is 6.41. The number of hydrogen-bond acceptors (Lipinski definition) is 3. The van der Waals surface area contributed by atoms with E-state index in [1.54, 1.807) is 4.31 Å². The Morgan fingerprint density at radius 3 is 2.32 bits per heavy atom. The van der Waals surface area contributed by atoms with Gasteiger partial charge in [0, 0.05) is 32.2 Å². The lowest BCUT2D eigenvalue weighted by molar-refractivity contribution is 0.142. The van der Waals surface area contributed by atoms with Crippen molar-refractivity contribution in [2.45, 2.75) is 39.2 Å². The van der Waals surface area contributed by atoms with Gasteiger partial charge in [-0.05, 0) is 31.7 Å². The standard InChI is InChI=1S/C17H28N2O2S/c1-3-16(2)18-11-13-19(14-12-18)22(20,21)15-7-10-17-8-5-4-6-9-17/h4-6,8-9,16H,3,7,10-15H2,1-2H3. The summed E-state index contributed by atoms with van der Waals surface area (Å²) in [5, 5.41) is 0. The highest BCUT2D eigenvalue weighted by Crippen LogP contribution is 2.13. The Bertz CT molecular complexity index is 537. The molecule has 1 aliphatic rings. The Morgan fingerprint density at radius 2 is 1.73 bits per heavy atom. The smallest absolute Gasteiger partial charge is 0.214 e. The van der Waals surface area contributed by atoms with Gasteiger partial charge in [0.25, 0.3) is 0 Å². The molecule has 0 spiro atoms. The van der Waals surface area contributed by atoms with Gasteiger partial charge in [-0.2, -0.15) is 4.31 Å². The zero-order valence-electron chi connectivity index (χ0n) is 13.7. The van der Waals surface area contributed by atoms with Gasteiger partial charge in [-0.1, -0.05) is 37.3 Å². The van der Waals surface area contributed by atoms with E-state index in [9.17, 15) is 8.42 Å². The molecule has 1 aliphatic heterocycles. The first-order chi connectivity index (χ1) is 10.5. The SMILES string of the molecule is CCC(C)N1CCN(S(=O)(=O)CCCc2ccccc2)CC1. The van der Waals surface area contributed by atoms with Crippen LogP contribution in [0.4, 0.5) is 0 Å². The van der Waals surface area contributed by atoms with Crippen molar-refractivity contribution >= 4 is 10.0 Å². The minimum atomic E-state index is -3.10. The summed E-state index contributed by atoms with van der Waals surface area (Å²) < 4.78 is 26.5. The molecule has 0 saturated carbocycles. The van der Waals surface area contributed by atoms with E-state index in [2.05, 4.69) is 30.9 Å². The molecule has 0 aliphatic carbocycles. The molecule has 0 bridgehead atoms. The van der Waals surface area contributed by atoms with E-state index < -0.39 is 10.0 Å². The quantitative estimate of drug-likeness (QED) is 0.773. The third-order valence-electron chi connectivity index (χ3n) is 4.59. The number of nitrogens with zero attached hydrogens (tertiary/aromatic N) is 2. The molecule has 0 amide bonds. The van der Waals surface area contributed by atoms with Crippen molar-refractivity contribution in [3.63, 3.8) is 0 Å². The first-order valence-corrected chi connectivity index (χ1v) is 9.89. The van der Waals surface area contributed by atoms with Gasteiger partial charge in [0.2, 0.25) is 10.0 Å². The fraction of sp³-hybridized carbons (Fsp3) is 0.647. The van der Waals surface area contributed by atoms with Crippen LogP contribution in [0.2, 0.25) is 0 Å². The molecule has 2 rings (SSSR count). The summed E-state index contributed by atoms with van der Waals surface area (Å²) in [6.45, 7) is 7.37. The molecule has 1 saturated heterocycles. The summed E-state index contributed by atoms with van der Waals surface area (Å²) in [4.78, 5) is 2.38. The molecule has 1 unspecified atom stereocenters. The fourth-order valence-electron chi connectivity index (χ4n) is 2.91. The monoisotopic (exact) mass is 324 g/mol. The van der Waals surface area contributed by atoms with E-state index in [1.165, 1.54) is 5.56 Å². The number of piperazine rings is 1. The predicted molar refractivity (Wildman–Crippen MR) is 91.4 cm³/mol. The molecule has 22 heavy (non-hydrogen) atoms. The van der Waals surface area contributed by atoms with E-state index in [0.29, 0.717) is 25.6 Å². The van der Waals surface area contributed by atoms with Gasteiger partial charge in [-0.25, -0.2) is 8.42 Å². The van der Waals surface area contributed by atoms with E-state index in [4.69, 9.17) is 0 Å². The maximum Gasteiger partial charge on any atom is 0.214 e. The summed E-state index contributed by atoms with van der Waals surface area (Å²) in [5.74, 6) is 0.255. The van der Waals surface area contributed by atoms with Crippen LogP contribution in [-0.2, 0) is 16.4 Å². The maximum atomic E-state index is 12.4. The summed E-state index contributed by atoms with van der Waals surface area (Å²) in [5.41, 5.74) is 1.21. The second-order valence-electron chi connectivity index (χ2n) is 6.10. The van der Waals surface area contributed by atoms with Crippen molar-refractivity contribution in [3.8, 4) is 0 Å². The predicted octanol–water partition coefficient (Wildman–Crippen LogP) is 2.37. The maximum absolute atomic E-state index is 12.4. The minimum Gasteiger partial charge on any atom is -0.298 e. The van der Waals surface area contributed by atoms with Gasteiger partial charge in [-0.15, -0.1) is 0 Å². The Hall–Kier alpha value is -0.910. The number of benzene rings is 1. The molecule has 0 N–H and O–H groups in total. The highest BCUT2D eigenvalue weighted by atomic mass is 32.2. The average Bonchev–Trinajstić information content (AvgIpc) is 2.55. The average molecular weight is 324 g/mol. The Balaban J connectivity index is 1.79. The molecular weight excluding hydrogens is 296 g/mol. The minimum absolute atomic E-state index is 0.255. The number of rotatable bonds is 7. The molecule has 1 fully saturated rings. The van der Waals surface area contributed by atoms with Crippen LogP contribution in [-0.4, -0.2) is 55.6 Å². The van der Waals surface area contributed by atoms with Crippen LogP contribution >= 0.6 is 0 Å². The van der Waals surface area contributed by atoms with Gasteiger partial charge >= 0.3 is 0 Å². The van der Waals surface area contributed by atoms with Gasteiger partial charge in [-0.3, -0.25) is 4.90 Å². The Labute approximate surface area is 135 Å². The summed E-state index contributed by atoms with van der Waals surface area (Å²) in [6, 6.07) is 10.6. The Morgan fingerprint density at radius 1 is 1.09 bits per heavy atom. The van der Waals surface area contributed by atoms with E-state index in [1.807, 2.05) is 18.2 Å². The molecule has 1 atom stereocenters. The normalized spacial score (nSPS) is 19.2. The van der Waals surface area contributed by atoms with Crippen LogP contribution in [0.1, 0.15) is 32.3 Å². The van der Waals surface area contributed by atoms with Crippen molar-refractivity contribution in [1.29, 1.82) is 0 Å². The number of sulfonamides is 1. The van der Waals surface area contributed by atoms with Crippen molar-refractivity contribution in [1.82, 2.24) is 9.21 Å². The van der Waals surface area contributed by atoms with E-state index in [0.717, 1.165) is 25.9 Å². The molecule has 1 aromatic carbocycles. The van der Waals surface area contributed by atoms with Crippen molar-refractivity contribution in [2.75, 3.05) is 31.9 Å². The fourth-order valence-corrected chi connectivity index (χ4v) is 4.40. The second-order valence-corrected chi connectivity index (χ2v) is 8.19. The molecular formula is C17H28N2O2S. The van der Waals surface area contributed by atoms with Crippen molar-refractivity contribution in [3.05, 3.63) is 35.9 Å². The first kappa shape index (κ1) is 17.4. The van der Waals surface area contributed by atoms with Crippen LogP contribution in [0.3, 0.4) is 0 Å². The third-order valence-corrected chi connectivity index (χ3v) is 6.55. The van der Waals surface area contributed by atoms with Gasteiger partial charge in [0.1, 0.15) is 0 Å². The molecule has 0 radical (unpaired) electrons. The highest BCUT2D eigenvalue weighted by molar-refractivity contribution is 7.89. The largest absolute Gasteiger partial charge is 0.298 e. The second kappa shape index (κ2) is 8.09. The lowest BCUT2D eigenvalue weighted by atomic mass is 10.1. The summed E-state index contributed by atoms with van der Waals surface area (Å²) in [6.07, 6.45) is 2.63. The third kappa shape index (κ3) is 4.80. The summed E-state index contributed by atoms with van der Waals surface area (Å²) in [7, 11) is -3.10. The van der Waals surface area contributed by atoms with E-state index in [-0.39, 0.29) is 5.75 Å². The topological polar surface area (TPSA) is 40.6 Å². The molecule has 4 nitrogen and oxygen atoms in total. The summed E-state index contributed by atoms with van der Waals surface area (Å²) >= 11 is 0. The molecule has 5 heteroatoms. The lowest BCUT2D eigenvalue weighted by Gasteiger charge is -2.37. The molecule has 124 valence electrons. The first-order valence-electron chi connectivity index (χ1n) is 8.28. The van der Waals surface area contributed by atoms with Crippen molar-refractivity contribution < 1.29 is 8.42 Å². The van der Waals surface area contributed by atoms with Crippen LogP contribution < -0.4 is 0 Å². The van der Waals surface area contributed by atoms with Crippen LogP contribution in [0.15, 0.2) is 30.3 Å². The van der Waals surface area contributed by atoms with Gasteiger partial charge < -0.3 is 0 Å². The van der Waals surface area contributed by atoms with Crippen LogP contribution in [0, 0.1) is 0 Å². The van der Waals surface area contributed by atoms with Gasteiger partial charge in [0.05, 0.1) is 5.75 Å². The zero-order valence-corrected chi connectivity index (χ0v) is 14.6. The van der Waals surface area contributed by atoms with E-state index >= 15 is 0 Å². The number of aryl methyl sites for hydroxylation is 1. The van der Waals surface area contributed by atoms with Gasteiger partial charge in [0.15, 0.2) is 0 Å². The van der Waals surface area contributed by atoms with Crippen molar-refractivity contribution in [2.24, 2.45) is 0 Å². The lowest BCUT2D eigenvalue weighted by Crippen LogP contribution is -2.51. The molecule has 0 aromatic heterocycles. The van der Waals surface area contributed by atoms with Crippen LogP contribution in [0.5, 0.6) is 0 Å². The zero-order chi connectivity index (χ0) is 16.0. The number of hydrogen-bond donors (Lipinski definition) is 0. The van der Waals surface area contributed by atoms with Crippen LogP contribution in [0.25, 0.3) is 0 Å².